The first-order chi connectivity index (χ1) is 8.16. The maximum absolute atomic E-state index is 11.8. The van der Waals surface area contributed by atoms with Crippen LogP contribution in [0.5, 0.6) is 0 Å². The summed E-state index contributed by atoms with van der Waals surface area (Å²) in [5, 5.41) is 2.93. The molecule has 0 aromatic heterocycles. The van der Waals surface area contributed by atoms with Gasteiger partial charge in [-0.25, -0.2) is 0 Å². The molecule has 3 N–H and O–H groups in total. The highest BCUT2D eigenvalue weighted by molar-refractivity contribution is 5.81. The van der Waals surface area contributed by atoms with Gasteiger partial charge in [-0.1, -0.05) is 37.3 Å². The molecular formula is C14H20N2O. The summed E-state index contributed by atoms with van der Waals surface area (Å²) in [6.45, 7) is 2.99. The minimum Gasteiger partial charge on any atom is -0.354 e. The lowest BCUT2D eigenvalue weighted by atomic mass is 10.1. The third-order valence-electron chi connectivity index (χ3n) is 3.45. The van der Waals surface area contributed by atoms with Gasteiger partial charge < -0.3 is 11.1 Å². The van der Waals surface area contributed by atoms with Gasteiger partial charge in [0.1, 0.15) is 0 Å². The van der Waals surface area contributed by atoms with Crippen molar-refractivity contribution in [1.82, 2.24) is 5.32 Å². The van der Waals surface area contributed by atoms with Crippen molar-refractivity contribution in [3.63, 3.8) is 0 Å². The zero-order valence-corrected chi connectivity index (χ0v) is 10.2. The molecule has 1 fully saturated rings. The monoisotopic (exact) mass is 232 g/mol. The quantitative estimate of drug-likeness (QED) is 0.804. The molecule has 1 amide bonds. The molecule has 0 aliphatic heterocycles. The Balaban J connectivity index is 1.75. The highest BCUT2D eigenvalue weighted by Crippen LogP contribution is 2.36. The van der Waals surface area contributed by atoms with Crippen molar-refractivity contribution in [2.45, 2.75) is 25.8 Å². The second-order valence-corrected chi connectivity index (χ2v) is 5.01. The van der Waals surface area contributed by atoms with Crippen molar-refractivity contribution in [3.05, 3.63) is 35.9 Å². The van der Waals surface area contributed by atoms with E-state index in [-0.39, 0.29) is 5.91 Å². The van der Waals surface area contributed by atoms with Crippen LogP contribution in [0.15, 0.2) is 30.3 Å². The largest absolute Gasteiger partial charge is 0.354 e. The van der Waals surface area contributed by atoms with E-state index in [2.05, 4.69) is 12.2 Å². The lowest BCUT2D eigenvalue weighted by molar-refractivity contribution is -0.122. The van der Waals surface area contributed by atoms with Crippen LogP contribution >= 0.6 is 0 Å². The molecule has 2 unspecified atom stereocenters. The molecule has 0 heterocycles. The van der Waals surface area contributed by atoms with E-state index >= 15 is 0 Å². The Morgan fingerprint density at radius 3 is 2.71 bits per heavy atom. The van der Waals surface area contributed by atoms with E-state index in [0.29, 0.717) is 12.3 Å². The maximum Gasteiger partial charge on any atom is 0.237 e. The van der Waals surface area contributed by atoms with Crippen LogP contribution in [0.1, 0.15) is 18.9 Å². The molecule has 3 atom stereocenters. The number of hydrogen-bond donors (Lipinski definition) is 2. The molecular weight excluding hydrogens is 212 g/mol. The summed E-state index contributed by atoms with van der Waals surface area (Å²) in [6.07, 6.45) is 1.83. The molecule has 0 saturated heterocycles. The SMILES string of the molecule is CC1CC1CNC(=O)[C@H](N)Cc1ccccc1. The number of nitrogens with two attached hydrogens (primary N) is 1. The van der Waals surface area contributed by atoms with Gasteiger partial charge in [0.2, 0.25) is 5.91 Å². The van der Waals surface area contributed by atoms with Crippen molar-refractivity contribution in [3.8, 4) is 0 Å². The van der Waals surface area contributed by atoms with Gasteiger partial charge in [0.05, 0.1) is 6.04 Å². The molecule has 1 aromatic carbocycles. The number of nitrogens with one attached hydrogen (secondary N) is 1. The first kappa shape index (κ1) is 12.1. The summed E-state index contributed by atoms with van der Waals surface area (Å²) in [6, 6.07) is 9.44. The van der Waals surface area contributed by atoms with E-state index in [1.165, 1.54) is 6.42 Å². The number of benzene rings is 1. The molecule has 1 aromatic rings. The molecule has 0 bridgehead atoms. The molecule has 1 aliphatic carbocycles. The molecule has 2 rings (SSSR count). The van der Waals surface area contributed by atoms with Crippen LogP contribution in [0, 0.1) is 11.8 Å². The van der Waals surface area contributed by atoms with Gasteiger partial charge in [-0.15, -0.1) is 0 Å². The Kier molecular flexibility index (Phi) is 3.79. The summed E-state index contributed by atoms with van der Waals surface area (Å²) in [4.78, 5) is 11.8. The summed E-state index contributed by atoms with van der Waals surface area (Å²) >= 11 is 0. The van der Waals surface area contributed by atoms with E-state index in [1.807, 2.05) is 30.3 Å². The molecule has 17 heavy (non-hydrogen) atoms. The van der Waals surface area contributed by atoms with Gasteiger partial charge in [-0.2, -0.15) is 0 Å². The number of carbonyl (C=O) groups excluding carboxylic acids is 1. The van der Waals surface area contributed by atoms with Crippen LogP contribution in [0.2, 0.25) is 0 Å². The first-order valence-electron chi connectivity index (χ1n) is 6.24. The smallest absolute Gasteiger partial charge is 0.237 e. The fourth-order valence-electron chi connectivity index (χ4n) is 2.01. The van der Waals surface area contributed by atoms with E-state index < -0.39 is 6.04 Å². The lowest BCUT2D eigenvalue weighted by Crippen LogP contribution is -2.42. The van der Waals surface area contributed by atoms with Crippen LogP contribution in [-0.2, 0) is 11.2 Å². The molecule has 0 spiro atoms. The number of amides is 1. The van der Waals surface area contributed by atoms with E-state index in [4.69, 9.17) is 5.73 Å². The number of rotatable bonds is 5. The number of hydrogen-bond acceptors (Lipinski definition) is 2. The zero-order chi connectivity index (χ0) is 12.3. The molecule has 3 heteroatoms. The second kappa shape index (κ2) is 5.32. The van der Waals surface area contributed by atoms with E-state index in [0.717, 1.165) is 18.0 Å². The van der Waals surface area contributed by atoms with Gasteiger partial charge in [-0.05, 0) is 30.2 Å². The van der Waals surface area contributed by atoms with E-state index in [9.17, 15) is 4.79 Å². The number of carbonyl (C=O) groups is 1. The fraction of sp³-hybridized carbons (Fsp3) is 0.500. The minimum atomic E-state index is -0.438. The van der Waals surface area contributed by atoms with Crippen LogP contribution < -0.4 is 11.1 Å². The Morgan fingerprint density at radius 2 is 2.12 bits per heavy atom. The Morgan fingerprint density at radius 1 is 1.47 bits per heavy atom. The van der Waals surface area contributed by atoms with Crippen LogP contribution in [0.4, 0.5) is 0 Å². The normalized spacial score (nSPS) is 24.1. The highest BCUT2D eigenvalue weighted by Gasteiger charge is 2.32. The van der Waals surface area contributed by atoms with Crippen molar-refractivity contribution >= 4 is 5.91 Å². The van der Waals surface area contributed by atoms with Crippen molar-refractivity contribution in [2.75, 3.05) is 6.54 Å². The molecule has 1 saturated carbocycles. The molecule has 3 nitrogen and oxygen atoms in total. The van der Waals surface area contributed by atoms with Gasteiger partial charge in [0.15, 0.2) is 0 Å². The Labute approximate surface area is 102 Å². The van der Waals surface area contributed by atoms with Gasteiger partial charge >= 0.3 is 0 Å². The van der Waals surface area contributed by atoms with Crippen LogP contribution in [-0.4, -0.2) is 18.5 Å². The third-order valence-corrected chi connectivity index (χ3v) is 3.45. The van der Waals surface area contributed by atoms with Crippen molar-refractivity contribution in [1.29, 1.82) is 0 Å². The zero-order valence-electron chi connectivity index (χ0n) is 10.2. The van der Waals surface area contributed by atoms with Gasteiger partial charge in [0.25, 0.3) is 0 Å². The van der Waals surface area contributed by atoms with Gasteiger partial charge in [0, 0.05) is 6.54 Å². The predicted molar refractivity (Wildman–Crippen MR) is 68.4 cm³/mol. The predicted octanol–water partition coefficient (Wildman–Crippen LogP) is 1.33. The average Bonchev–Trinajstić information content (AvgIpc) is 3.03. The topological polar surface area (TPSA) is 55.1 Å². The highest BCUT2D eigenvalue weighted by atomic mass is 16.2. The fourth-order valence-corrected chi connectivity index (χ4v) is 2.01. The third kappa shape index (κ3) is 3.56. The molecule has 92 valence electrons. The minimum absolute atomic E-state index is 0.0343. The van der Waals surface area contributed by atoms with Crippen molar-refractivity contribution < 1.29 is 4.79 Å². The first-order valence-corrected chi connectivity index (χ1v) is 6.24. The maximum atomic E-state index is 11.8. The Hall–Kier alpha value is -1.35. The Bertz CT molecular complexity index is 377. The standard InChI is InChI=1S/C14H20N2O/c1-10-7-12(10)9-16-14(17)13(15)8-11-5-3-2-4-6-11/h2-6,10,12-13H,7-9,15H2,1H3,(H,16,17)/t10?,12?,13-/m1/s1. The second-order valence-electron chi connectivity index (χ2n) is 5.01. The van der Waals surface area contributed by atoms with E-state index in [1.54, 1.807) is 0 Å². The van der Waals surface area contributed by atoms with Crippen LogP contribution in [0.25, 0.3) is 0 Å². The average molecular weight is 232 g/mol. The summed E-state index contributed by atoms with van der Waals surface area (Å²) in [7, 11) is 0. The molecule has 0 radical (unpaired) electrons. The van der Waals surface area contributed by atoms with Crippen LogP contribution in [0.3, 0.4) is 0 Å². The van der Waals surface area contributed by atoms with Crippen molar-refractivity contribution in [2.24, 2.45) is 17.6 Å². The lowest BCUT2D eigenvalue weighted by Gasteiger charge is -2.12. The molecule has 1 aliphatic rings. The van der Waals surface area contributed by atoms with Gasteiger partial charge in [-0.3, -0.25) is 4.79 Å². The summed E-state index contributed by atoms with van der Waals surface area (Å²) < 4.78 is 0. The summed E-state index contributed by atoms with van der Waals surface area (Å²) in [5.41, 5.74) is 6.98. The summed E-state index contributed by atoms with van der Waals surface area (Å²) in [5.74, 6) is 1.40.